The molecular weight excluding hydrogens is 206 g/mol. The summed E-state index contributed by atoms with van der Waals surface area (Å²) in [5, 5.41) is 6.05. The third-order valence-corrected chi connectivity index (χ3v) is 2.48. The van der Waals surface area contributed by atoms with Crippen molar-refractivity contribution in [2.24, 2.45) is 0 Å². The van der Waals surface area contributed by atoms with Crippen LogP contribution in [0, 0.1) is 0 Å². The van der Waals surface area contributed by atoms with Crippen LogP contribution in [0.15, 0.2) is 24.5 Å². The number of hydrogen-bond acceptors (Lipinski definition) is 4. The fourth-order valence-electron chi connectivity index (χ4n) is 1.52. The Morgan fingerprint density at radius 2 is 2.19 bits per heavy atom. The third kappa shape index (κ3) is 2.68. The van der Waals surface area contributed by atoms with Crippen LogP contribution >= 0.6 is 0 Å². The van der Waals surface area contributed by atoms with Gasteiger partial charge >= 0.3 is 6.03 Å². The number of carbonyl (C=O) groups excluding carboxylic acids is 1. The Bertz CT molecular complexity index is 355. The molecule has 16 heavy (non-hydrogen) atoms. The molecule has 0 aromatic carbocycles. The van der Waals surface area contributed by atoms with Crippen molar-refractivity contribution in [3.05, 3.63) is 30.1 Å². The van der Waals surface area contributed by atoms with E-state index in [0.29, 0.717) is 6.54 Å². The summed E-state index contributed by atoms with van der Waals surface area (Å²) in [6, 6.07) is 3.78. The zero-order valence-corrected chi connectivity index (χ0v) is 9.03. The summed E-state index contributed by atoms with van der Waals surface area (Å²) in [5.41, 5.74) is 6.53. The van der Waals surface area contributed by atoms with Gasteiger partial charge < -0.3 is 5.32 Å². The van der Waals surface area contributed by atoms with Gasteiger partial charge in [0.05, 0.1) is 12.2 Å². The molecule has 1 aromatic heterocycles. The molecule has 1 aromatic rings. The number of rotatable bonds is 3. The second-order valence-corrected chi connectivity index (χ2v) is 3.75. The van der Waals surface area contributed by atoms with Gasteiger partial charge in [0.25, 0.3) is 0 Å². The van der Waals surface area contributed by atoms with E-state index in [1.807, 2.05) is 19.1 Å². The lowest BCUT2D eigenvalue weighted by molar-refractivity contribution is 0.200. The van der Waals surface area contributed by atoms with Crippen molar-refractivity contribution in [2.45, 2.75) is 25.7 Å². The molecule has 2 amide bonds. The van der Waals surface area contributed by atoms with E-state index in [9.17, 15) is 4.79 Å². The summed E-state index contributed by atoms with van der Waals surface area (Å²) in [6.07, 6.45) is 3.42. The van der Waals surface area contributed by atoms with Crippen molar-refractivity contribution in [3.8, 4) is 0 Å². The smallest absolute Gasteiger partial charge is 0.320 e. The number of hydrogen-bond donors (Lipinski definition) is 4. The van der Waals surface area contributed by atoms with Crippen molar-refractivity contribution in [1.29, 1.82) is 0 Å². The predicted molar refractivity (Wildman–Crippen MR) is 59.1 cm³/mol. The maximum Gasteiger partial charge on any atom is 0.330 e. The number of urea groups is 1. The Kier molecular flexibility index (Phi) is 3.33. The zero-order valence-electron chi connectivity index (χ0n) is 9.03. The van der Waals surface area contributed by atoms with Crippen LogP contribution < -0.4 is 21.5 Å². The first kappa shape index (κ1) is 10.8. The summed E-state index contributed by atoms with van der Waals surface area (Å²) in [5.74, 6) is 0. The van der Waals surface area contributed by atoms with Gasteiger partial charge in [0.15, 0.2) is 0 Å². The van der Waals surface area contributed by atoms with Crippen molar-refractivity contribution >= 4 is 6.03 Å². The number of carbonyl (C=O) groups is 1. The third-order valence-electron chi connectivity index (χ3n) is 2.48. The van der Waals surface area contributed by atoms with Crippen LogP contribution in [-0.4, -0.2) is 23.2 Å². The van der Waals surface area contributed by atoms with Gasteiger partial charge in [-0.25, -0.2) is 10.2 Å². The monoisotopic (exact) mass is 221 g/mol. The molecule has 2 atom stereocenters. The normalized spacial score (nSPS) is 24.7. The van der Waals surface area contributed by atoms with E-state index in [2.05, 4.69) is 26.5 Å². The predicted octanol–water partition coefficient (Wildman–Crippen LogP) is -0.297. The second kappa shape index (κ2) is 4.91. The Hall–Kier alpha value is -1.66. The van der Waals surface area contributed by atoms with Crippen LogP contribution in [0.5, 0.6) is 0 Å². The Morgan fingerprint density at radius 3 is 2.94 bits per heavy atom. The average molecular weight is 221 g/mol. The largest absolute Gasteiger partial charge is 0.330 e. The van der Waals surface area contributed by atoms with Crippen LogP contribution in [-0.2, 0) is 6.54 Å². The van der Waals surface area contributed by atoms with E-state index < -0.39 is 0 Å². The molecule has 0 aliphatic carbocycles. The number of aromatic nitrogens is 1. The summed E-state index contributed by atoms with van der Waals surface area (Å²) >= 11 is 0. The molecule has 0 radical (unpaired) electrons. The van der Waals surface area contributed by atoms with Gasteiger partial charge in [-0.1, -0.05) is 0 Å². The molecular formula is C10H15N5O. The fourth-order valence-corrected chi connectivity index (χ4v) is 1.52. The second-order valence-electron chi connectivity index (χ2n) is 3.75. The minimum Gasteiger partial charge on any atom is -0.320 e. The van der Waals surface area contributed by atoms with Crippen molar-refractivity contribution in [1.82, 2.24) is 26.5 Å². The SMILES string of the molecule is CC1NNC(=O)NC1NCc1ccncc1. The lowest BCUT2D eigenvalue weighted by Crippen LogP contribution is -2.67. The van der Waals surface area contributed by atoms with Gasteiger partial charge in [-0.15, -0.1) is 0 Å². The molecule has 1 aliphatic rings. The molecule has 0 spiro atoms. The van der Waals surface area contributed by atoms with Gasteiger partial charge in [-0.3, -0.25) is 15.7 Å². The van der Waals surface area contributed by atoms with Crippen LogP contribution in [0.25, 0.3) is 0 Å². The molecule has 86 valence electrons. The highest BCUT2D eigenvalue weighted by atomic mass is 16.2. The first-order valence-corrected chi connectivity index (χ1v) is 5.20. The topological polar surface area (TPSA) is 78.1 Å². The maximum atomic E-state index is 11.1. The van der Waals surface area contributed by atoms with Crippen molar-refractivity contribution in [3.63, 3.8) is 0 Å². The molecule has 0 bridgehead atoms. The standard InChI is InChI=1S/C10H15N5O/c1-7-9(13-10(16)15-14-7)12-6-8-2-4-11-5-3-8/h2-5,7,9,12,14H,6H2,1H3,(H2,13,15,16). The van der Waals surface area contributed by atoms with Gasteiger partial charge in [-0.2, -0.15) is 0 Å². The van der Waals surface area contributed by atoms with Crippen LogP contribution in [0.2, 0.25) is 0 Å². The molecule has 6 heteroatoms. The number of amides is 2. The fraction of sp³-hybridized carbons (Fsp3) is 0.400. The van der Waals surface area contributed by atoms with Gasteiger partial charge in [0.2, 0.25) is 0 Å². The molecule has 1 saturated heterocycles. The number of nitrogens with one attached hydrogen (secondary N) is 4. The lowest BCUT2D eigenvalue weighted by Gasteiger charge is -2.31. The zero-order chi connectivity index (χ0) is 11.4. The molecule has 1 fully saturated rings. The van der Waals surface area contributed by atoms with E-state index in [4.69, 9.17) is 0 Å². The average Bonchev–Trinajstić information content (AvgIpc) is 2.32. The quantitative estimate of drug-likeness (QED) is 0.565. The van der Waals surface area contributed by atoms with Crippen molar-refractivity contribution < 1.29 is 4.79 Å². The maximum absolute atomic E-state index is 11.1. The highest BCUT2D eigenvalue weighted by molar-refractivity contribution is 5.74. The van der Waals surface area contributed by atoms with Crippen LogP contribution in [0.3, 0.4) is 0 Å². The minimum atomic E-state index is -0.217. The lowest BCUT2D eigenvalue weighted by atomic mass is 10.2. The number of nitrogens with zero attached hydrogens (tertiary/aromatic N) is 1. The van der Waals surface area contributed by atoms with Crippen LogP contribution in [0.4, 0.5) is 4.79 Å². The summed E-state index contributed by atoms with van der Waals surface area (Å²) < 4.78 is 0. The van der Waals surface area contributed by atoms with Gasteiger partial charge in [0, 0.05) is 18.9 Å². The highest BCUT2D eigenvalue weighted by Crippen LogP contribution is 1.98. The van der Waals surface area contributed by atoms with Crippen molar-refractivity contribution in [2.75, 3.05) is 0 Å². The molecule has 2 heterocycles. The summed E-state index contributed by atoms with van der Waals surface area (Å²) in [6.45, 7) is 2.68. The molecule has 6 nitrogen and oxygen atoms in total. The summed E-state index contributed by atoms with van der Waals surface area (Å²) in [4.78, 5) is 15.0. The molecule has 2 rings (SSSR count). The highest BCUT2D eigenvalue weighted by Gasteiger charge is 2.23. The number of pyridine rings is 1. The van der Waals surface area contributed by atoms with E-state index in [1.54, 1.807) is 12.4 Å². The van der Waals surface area contributed by atoms with Crippen LogP contribution in [0.1, 0.15) is 12.5 Å². The molecule has 1 aliphatic heterocycles. The summed E-state index contributed by atoms with van der Waals surface area (Å²) in [7, 11) is 0. The number of hydrazine groups is 1. The van der Waals surface area contributed by atoms with E-state index >= 15 is 0 Å². The van der Waals surface area contributed by atoms with Gasteiger partial charge in [-0.05, 0) is 24.6 Å². The van der Waals surface area contributed by atoms with E-state index in [1.165, 1.54) is 0 Å². The molecule has 0 saturated carbocycles. The Morgan fingerprint density at radius 1 is 1.44 bits per heavy atom. The van der Waals surface area contributed by atoms with E-state index in [-0.39, 0.29) is 18.2 Å². The van der Waals surface area contributed by atoms with E-state index in [0.717, 1.165) is 5.56 Å². The Labute approximate surface area is 93.8 Å². The first-order valence-electron chi connectivity index (χ1n) is 5.20. The first-order chi connectivity index (χ1) is 7.75. The Balaban J connectivity index is 1.87. The minimum absolute atomic E-state index is 0.0816. The molecule has 4 N–H and O–H groups in total. The van der Waals surface area contributed by atoms with Gasteiger partial charge in [0.1, 0.15) is 0 Å². The molecule has 2 unspecified atom stereocenters.